The van der Waals surface area contributed by atoms with E-state index in [2.05, 4.69) is 5.16 Å². The number of nitro groups is 1. The highest BCUT2D eigenvalue weighted by Crippen LogP contribution is 2.28. The van der Waals surface area contributed by atoms with Crippen molar-refractivity contribution in [3.8, 4) is 5.75 Å². The highest BCUT2D eigenvalue weighted by molar-refractivity contribution is 6.35. The molecule has 8 nitrogen and oxygen atoms in total. The van der Waals surface area contributed by atoms with Gasteiger partial charge in [-0.3, -0.25) is 10.1 Å². The van der Waals surface area contributed by atoms with Crippen LogP contribution in [-0.4, -0.2) is 22.8 Å². The van der Waals surface area contributed by atoms with Gasteiger partial charge in [0, 0.05) is 23.6 Å². The number of oxime groups is 1. The molecule has 0 aliphatic rings. The molecule has 0 aliphatic heterocycles. The lowest BCUT2D eigenvalue weighted by Crippen LogP contribution is -2.26. The summed E-state index contributed by atoms with van der Waals surface area (Å²) in [5.74, 6) is -0.477. The summed E-state index contributed by atoms with van der Waals surface area (Å²) >= 11 is 11.8. The summed E-state index contributed by atoms with van der Waals surface area (Å²) in [4.78, 5) is 26.8. The second-order valence-corrected chi connectivity index (χ2v) is 6.27. The van der Waals surface area contributed by atoms with E-state index in [0.717, 1.165) is 0 Å². The van der Waals surface area contributed by atoms with E-state index >= 15 is 0 Å². The van der Waals surface area contributed by atoms with E-state index in [-0.39, 0.29) is 28.7 Å². The molecule has 0 unspecified atom stereocenters. The molecule has 0 spiro atoms. The van der Waals surface area contributed by atoms with Crippen LogP contribution in [0.1, 0.15) is 12.5 Å². The molecule has 0 bridgehead atoms. The predicted octanol–water partition coefficient (Wildman–Crippen LogP) is 3.73. The van der Waals surface area contributed by atoms with Crippen molar-refractivity contribution < 1.29 is 19.3 Å². The zero-order valence-electron chi connectivity index (χ0n) is 14.1. The molecule has 27 heavy (non-hydrogen) atoms. The molecular formula is C17H15Cl2N3O5. The number of benzene rings is 2. The van der Waals surface area contributed by atoms with Crippen LogP contribution in [0.3, 0.4) is 0 Å². The molecule has 0 amide bonds. The molecule has 1 atom stereocenters. The summed E-state index contributed by atoms with van der Waals surface area (Å²) in [6, 6.07) is 10.4. The molecule has 0 aromatic heterocycles. The van der Waals surface area contributed by atoms with Gasteiger partial charge < -0.3 is 15.3 Å². The fourth-order valence-electron chi connectivity index (χ4n) is 1.96. The van der Waals surface area contributed by atoms with E-state index in [1.807, 2.05) is 0 Å². The van der Waals surface area contributed by atoms with Crippen LogP contribution in [0.2, 0.25) is 10.0 Å². The molecule has 0 aliphatic carbocycles. The highest BCUT2D eigenvalue weighted by Gasteiger charge is 2.18. The van der Waals surface area contributed by atoms with Gasteiger partial charge in [-0.1, -0.05) is 40.5 Å². The third-order valence-electron chi connectivity index (χ3n) is 3.31. The number of ether oxygens (including phenoxy) is 1. The van der Waals surface area contributed by atoms with Gasteiger partial charge in [-0.05, 0) is 30.7 Å². The summed E-state index contributed by atoms with van der Waals surface area (Å²) in [7, 11) is 0. The van der Waals surface area contributed by atoms with Gasteiger partial charge in [0.15, 0.2) is 6.10 Å². The Kier molecular flexibility index (Phi) is 6.98. The number of nitro benzene ring substituents is 1. The normalized spacial score (nSPS) is 12.3. The zero-order chi connectivity index (χ0) is 20.0. The molecule has 2 aromatic carbocycles. The molecule has 0 saturated heterocycles. The van der Waals surface area contributed by atoms with Gasteiger partial charge in [-0.25, -0.2) is 4.79 Å². The second-order valence-electron chi connectivity index (χ2n) is 5.43. The fraction of sp³-hybridized carbons (Fsp3) is 0.176. The highest BCUT2D eigenvalue weighted by atomic mass is 35.5. The molecule has 0 radical (unpaired) electrons. The van der Waals surface area contributed by atoms with E-state index in [1.54, 1.807) is 6.07 Å². The number of rotatable bonds is 7. The summed E-state index contributed by atoms with van der Waals surface area (Å²) in [5, 5.41) is 14.9. The Balaban J connectivity index is 1.91. The van der Waals surface area contributed by atoms with Crippen molar-refractivity contribution >= 4 is 40.7 Å². The number of non-ortho nitro benzene ring substituents is 1. The van der Waals surface area contributed by atoms with Crippen LogP contribution < -0.4 is 10.5 Å². The molecular weight excluding hydrogens is 397 g/mol. The fourth-order valence-corrected chi connectivity index (χ4v) is 2.42. The Morgan fingerprint density at radius 1 is 1.26 bits per heavy atom. The first-order valence-corrected chi connectivity index (χ1v) is 8.40. The Bertz CT molecular complexity index is 871. The molecule has 0 saturated carbocycles. The third kappa shape index (κ3) is 6.12. The number of hydrogen-bond donors (Lipinski definition) is 1. The molecule has 142 valence electrons. The number of nitrogens with two attached hydrogens (primary N) is 1. The topological polar surface area (TPSA) is 117 Å². The maximum atomic E-state index is 11.9. The Hall–Kier alpha value is -2.84. The summed E-state index contributed by atoms with van der Waals surface area (Å²) in [5.41, 5.74) is 6.35. The predicted molar refractivity (Wildman–Crippen MR) is 101 cm³/mol. The minimum absolute atomic E-state index is 0.0222. The van der Waals surface area contributed by atoms with Gasteiger partial charge in [0.2, 0.25) is 0 Å². The smallest absolute Gasteiger partial charge is 0.374 e. The summed E-state index contributed by atoms with van der Waals surface area (Å²) in [6.45, 7) is 1.47. The molecule has 10 heteroatoms. The number of halogens is 2. The van der Waals surface area contributed by atoms with E-state index in [4.69, 9.17) is 38.5 Å². The minimum Gasteiger partial charge on any atom is -0.477 e. The van der Waals surface area contributed by atoms with Crippen molar-refractivity contribution in [3.63, 3.8) is 0 Å². The van der Waals surface area contributed by atoms with Gasteiger partial charge in [-0.2, -0.15) is 0 Å². The Morgan fingerprint density at radius 2 is 1.93 bits per heavy atom. The van der Waals surface area contributed by atoms with Crippen LogP contribution >= 0.6 is 23.2 Å². The quantitative estimate of drug-likeness (QED) is 0.244. The molecule has 0 fully saturated rings. The van der Waals surface area contributed by atoms with Gasteiger partial charge in [0.1, 0.15) is 11.6 Å². The number of nitrogens with zero attached hydrogens (tertiary/aromatic N) is 2. The first-order chi connectivity index (χ1) is 12.8. The maximum Gasteiger partial charge on any atom is 0.374 e. The van der Waals surface area contributed by atoms with Crippen molar-refractivity contribution in [1.82, 2.24) is 0 Å². The number of carbonyl (C=O) groups is 1. The van der Waals surface area contributed by atoms with Crippen molar-refractivity contribution in [3.05, 3.63) is 68.2 Å². The van der Waals surface area contributed by atoms with E-state index in [1.165, 1.54) is 43.3 Å². The third-order valence-corrected chi connectivity index (χ3v) is 3.85. The summed E-state index contributed by atoms with van der Waals surface area (Å²) in [6.07, 6.45) is -0.830. The van der Waals surface area contributed by atoms with Crippen LogP contribution in [0.15, 0.2) is 47.6 Å². The average molecular weight is 412 g/mol. The van der Waals surface area contributed by atoms with E-state index in [9.17, 15) is 14.9 Å². The van der Waals surface area contributed by atoms with Crippen molar-refractivity contribution in [1.29, 1.82) is 0 Å². The Labute approximate surface area is 164 Å². The lowest BCUT2D eigenvalue weighted by Gasteiger charge is -2.13. The van der Waals surface area contributed by atoms with Crippen molar-refractivity contribution in [2.24, 2.45) is 10.9 Å². The first-order valence-electron chi connectivity index (χ1n) is 7.64. The Morgan fingerprint density at radius 3 is 2.52 bits per heavy atom. The van der Waals surface area contributed by atoms with Crippen LogP contribution in [0.4, 0.5) is 5.69 Å². The number of amidine groups is 1. The van der Waals surface area contributed by atoms with Gasteiger partial charge in [0.05, 0.1) is 9.95 Å². The van der Waals surface area contributed by atoms with Gasteiger partial charge in [-0.15, -0.1) is 0 Å². The molecule has 2 aromatic rings. The zero-order valence-corrected chi connectivity index (χ0v) is 15.6. The van der Waals surface area contributed by atoms with Crippen molar-refractivity contribution in [2.75, 3.05) is 0 Å². The second kappa shape index (κ2) is 9.20. The lowest BCUT2D eigenvalue weighted by molar-refractivity contribution is -0.384. The van der Waals surface area contributed by atoms with E-state index < -0.39 is 17.0 Å². The van der Waals surface area contributed by atoms with Crippen LogP contribution in [0.25, 0.3) is 0 Å². The number of hydrogen-bond acceptors (Lipinski definition) is 6. The summed E-state index contributed by atoms with van der Waals surface area (Å²) < 4.78 is 5.41. The van der Waals surface area contributed by atoms with Gasteiger partial charge >= 0.3 is 5.97 Å². The van der Waals surface area contributed by atoms with E-state index in [0.29, 0.717) is 10.6 Å². The largest absolute Gasteiger partial charge is 0.477 e. The standard InChI is InChI=1S/C17H15Cl2N3O5/c1-10(26-15-7-4-12(18)9-14(15)19)17(23)27-21-16(20)8-11-2-5-13(6-3-11)22(24)25/h2-7,9-10H,8H2,1H3,(H2,20,21)/t10-/m1/s1. The number of carbonyl (C=O) groups excluding carboxylic acids is 1. The SMILES string of the molecule is C[C@@H](Oc1ccc(Cl)cc1Cl)C(=O)O/N=C(/N)Cc1ccc([N+](=O)[O-])cc1. The van der Waals surface area contributed by atoms with Gasteiger partial charge in [0.25, 0.3) is 5.69 Å². The van der Waals surface area contributed by atoms with Crippen LogP contribution in [0.5, 0.6) is 5.75 Å². The molecule has 0 heterocycles. The lowest BCUT2D eigenvalue weighted by atomic mass is 10.1. The van der Waals surface area contributed by atoms with Crippen LogP contribution in [0, 0.1) is 10.1 Å². The average Bonchev–Trinajstić information content (AvgIpc) is 2.62. The monoisotopic (exact) mass is 411 g/mol. The maximum absolute atomic E-state index is 11.9. The minimum atomic E-state index is -0.986. The molecule has 2 rings (SSSR count). The first kappa shape index (κ1) is 20.5. The molecule has 2 N–H and O–H groups in total. The van der Waals surface area contributed by atoms with Crippen molar-refractivity contribution in [2.45, 2.75) is 19.4 Å². The van der Waals surface area contributed by atoms with Crippen LogP contribution in [-0.2, 0) is 16.1 Å².